The molecular formula is C15H18OSi. The van der Waals surface area contributed by atoms with Crippen LogP contribution in [0.15, 0.2) is 60.7 Å². The van der Waals surface area contributed by atoms with E-state index in [4.69, 9.17) is 4.74 Å². The molecule has 0 heterocycles. The Labute approximate surface area is 106 Å². The van der Waals surface area contributed by atoms with Crippen molar-refractivity contribution in [2.24, 2.45) is 0 Å². The summed E-state index contributed by atoms with van der Waals surface area (Å²) in [7, 11) is 1.05. The van der Waals surface area contributed by atoms with Crippen LogP contribution in [0.2, 0.25) is 0 Å². The molecule has 2 aromatic rings. The van der Waals surface area contributed by atoms with Gasteiger partial charge in [-0.05, 0) is 18.1 Å². The maximum Gasteiger partial charge on any atom is 0.107 e. The van der Waals surface area contributed by atoms with Crippen LogP contribution in [0.1, 0.15) is 24.2 Å². The highest BCUT2D eigenvalue weighted by atomic mass is 28.1. The fraction of sp³-hybridized carbons (Fsp3) is 0.200. The van der Waals surface area contributed by atoms with Gasteiger partial charge in [0.15, 0.2) is 0 Å². The van der Waals surface area contributed by atoms with E-state index in [0.717, 1.165) is 10.2 Å². The van der Waals surface area contributed by atoms with E-state index in [1.807, 2.05) is 12.1 Å². The molecule has 0 fully saturated rings. The van der Waals surface area contributed by atoms with Gasteiger partial charge in [-0.3, -0.25) is 0 Å². The Kier molecular flexibility index (Phi) is 4.12. The summed E-state index contributed by atoms with van der Waals surface area (Å²) in [5.41, 5.74) is 2.79. The second-order valence-corrected chi connectivity index (χ2v) is 6.01. The van der Waals surface area contributed by atoms with E-state index < -0.39 is 0 Å². The number of benzene rings is 2. The van der Waals surface area contributed by atoms with Crippen molar-refractivity contribution in [3.63, 3.8) is 0 Å². The molecule has 1 nitrogen and oxygen atoms in total. The van der Waals surface area contributed by atoms with Crippen molar-refractivity contribution < 1.29 is 4.74 Å². The maximum atomic E-state index is 6.08. The quantitative estimate of drug-likeness (QED) is 0.749. The third-order valence-electron chi connectivity index (χ3n) is 2.61. The van der Waals surface area contributed by atoms with Crippen LogP contribution in [0.5, 0.6) is 0 Å². The Morgan fingerprint density at radius 2 is 1.24 bits per heavy atom. The van der Waals surface area contributed by atoms with Crippen molar-refractivity contribution in [1.82, 2.24) is 0 Å². The van der Waals surface area contributed by atoms with Gasteiger partial charge in [-0.1, -0.05) is 60.7 Å². The molecule has 0 N–H and O–H groups in total. The SMILES string of the molecule is CC([SiH3])OC(c1ccccc1)c1ccccc1. The standard InChI is InChI=1S/C15H18OSi/c1-12(17)16-15(13-8-4-2-5-9-13)14-10-6-3-7-11-14/h2-12,15H,1,17H3. The summed E-state index contributed by atoms with van der Waals surface area (Å²) in [4.78, 5) is 0. The summed E-state index contributed by atoms with van der Waals surface area (Å²) in [5.74, 6) is 0. The second-order valence-electron chi connectivity index (χ2n) is 4.39. The van der Waals surface area contributed by atoms with Crippen molar-refractivity contribution in [1.29, 1.82) is 0 Å². The van der Waals surface area contributed by atoms with Crippen LogP contribution < -0.4 is 0 Å². The number of hydrogen-bond acceptors (Lipinski definition) is 1. The first-order valence-corrected chi connectivity index (χ1v) is 7.18. The van der Waals surface area contributed by atoms with E-state index in [0.29, 0.717) is 5.73 Å². The molecule has 1 unspecified atom stereocenters. The van der Waals surface area contributed by atoms with Gasteiger partial charge in [-0.15, -0.1) is 0 Å². The molecular weight excluding hydrogens is 224 g/mol. The average Bonchev–Trinajstić information content (AvgIpc) is 2.38. The van der Waals surface area contributed by atoms with Gasteiger partial charge >= 0.3 is 0 Å². The van der Waals surface area contributed by atoms with E-state index >= 15 is 0 Å². The Morgan fingerprint density at radius 3 is 1.59 bits per heavy atom. The summed E-state index contributed by atoms with van der Waals surface area (Å²) in [6, 6.07) is 20.8. The van der Waals surface area contributed by atoms with Gasteiger partial charge in [-0.25, -0.2) is 0 Å². The predicted octanol–water partition coefficient (Wildman–Crippen LogP) is 2.50. The lowest BCUT2D eigenvalue weighted by Crippen LogP contribution is -2.14. The topological polar surface area (TPSA) is 9.23 Å². The molecule has 1 atom stereocenters. The minimum Gasteiger partial charge on any atom is -0.370 e. The monoisotopic (exact) mass is 242 g/mol. The van der Waals surface area contributed by atoms with Crippen LogP contribution in [0, 0.1) is 0 Å². The predicted molar refractivity (Wildman–Crippen MR) is 75.2 cm³/mol. The van der Waals surface area contributed by atoms with E-state index in [2.05, 4.69) is 55.5 Å². The van der Waals surface area contributed by atoms with E-state index in [1.165, 1.54) is 11.1 Å². The van der Waals surface area contributed by atoms with Gasteiger partial charge in [0.25, 0.3) is 0 Å². The summed E-state index contributed by atoms with van der Waals surface area (Å²) in [6.07, 6.45) is 0.0601. The maximum absolute atomic E-state index is 6.08. The Morgan fingerprint density at radius 1 is 0.824 bits per heavy atom. The lowest BCUT2D eigenvalue weighted by molar-refractivity contribution is 0.0654. The Hall–Kier alpha value is -1.38. The van der Waals surface area contributed by atoms with Gasteiger partial charge in [0.2, 0.25) is 0 Å². The van der Waals surface area contributed by atoms with Crippen LogP contribution in [0.3, 0.4) is 0 Å². The van der Waals surface area contributed by atoms with Crippen molar-refractivity contribution in [3.05, 3.63) is 71.8 Å². The smallest absolute Gasteiger partial charge is 0.107 e. The molecule has 0 saturated carbocycles. The second kappa shape index (κ2) is 5.80. The molecule has 88 valence electrons. The zero-order valence-corrected chi connectivity index (χ0v) is 12.3. The molecule has 0 amide bonds. The Bertz CT molecular complexity index is 399. The molecule has 0 bridgehead atoms. The summed E-state index contributed by atoms with van der Waals surface area (Å²) >= 11 is 0. The first-order valence-electron chi connectivity index (χ1n) is 6.02. The average molecular weight is 242 g/mol. The normalized spacial score (nSPS) is 12.8. The van der Waals surface area contributed by atoms with Crippen LogP contribution in [0.4, 0.5) is 0 Å². The molecule has 2 rings (SSSR count). The van der Waals surface area contributed by atoms with E-state index in [9.17, 15) is 0 Å². The van der Waals surface area contributed by atoms with Gasteiger partial charge in [0, 0.05) is 16.0 Å². The van der Waals surface area contributed by atoms with Gasteiger partial charge in [0.05, 0.1) is 0 Å². The molecule has 2 aromatic carbocycles. The van der Waals surface area contributed by atoms with Gasteiger partial charge in [-0.2, -0.15) is 0 Å². The van der Waals surface area contributed by atoms with Crippen LogP contribution in [-0.4, -0.2) is 16.0 Å². The molecule has 0 aliphatic rings. The highest BCUT2D eigenvalue weighted by molar-refractivity contribution is 6.10. The van der Waals surface area contributed by atoms with Crippen LogP contribution in [-0.2, 0) is 4.74 Å². The first-order chi connectivity index (χ1) is 8.27. The highest BCUT2D eigenvalue weighted by Crippen LogP contribution is 2.26. The third-order valence-corrected chi connectivity index (χ3v) is 2.89. The van der Waals surface area contributed by atoms with Gasteiger partial charge in [0.1, 0.15) is 6.10 Å². The molecule has 0 spiro atoms. The Balaban J connectivity index is 2.32. The first kappa shape index (κ1) is 12.1. The molecule has 17 heavy (non-hydrogen) atoms. The zero-order chi connectivity index (χ0) is 12.1. The van der Waals surface area contributed by atoms with Crippen molar-refractivity contribution in [3.8, 4) is 0 Å². The lowest BCUT2D eigenvalue weighted by Gasteiger charge is -2.21. The summed E-state index contributed by atoms with van der Waals surface area (Å²) < 4.78 is 6.08. The van der Waals surface area contributed by atoms with Crippen LogP contribution in [0.25, 0.3) is 0 Å². The minimum atomic E-state index is 0.0601. The van der Waals surface area contributed by atoms with Gasteiger partial charge < -0.3 is 4.74 Å². The fourth-order valence-electron chi connectivity index (χ4n) is 1.88. The molecule has 0 radical (unpaired) electrons. The molecule has 2 heteroatoms. The van der Waals surface area contributed by atoms with E-state index in [-0.39, 0.29) is 6.10 Å². The summed E-state index contributed by atoms with van der Waals surface area (Å²) in [6.45, 7) is 2.13. The fourth-order valence-corrected chi connectivity index (χ4v) is 2.15. The zero-order valence-electron chi connectivity index (χ0n) is 10.3. The van der Waals surface area contributed by atoms with Crippen molar-refractivity contribution >= 4 is 10.2 Å². The third kappa shape index (κ3) is 3.28. The van der Waals surface area contributed by atoms with E-state index in [1.54, 1.807) is 0 Å². The molecule has 0 aromatic heterocycles. The summed E-state index contributed by atoms with van der Waals surface area (Å²) in [5, 5.41) is 0. The van der Waals surface area contributed by atoms with Crippen molar-refractivity contribution in [2.75, 3.05) is 0 Å². The van der Waals surface area contributed by atoms with Crippen molar-refractivity contribution in [2.45, 2.75) is 18.8 Å². The van der Waals surface area contributed by atoms with Crippen LogP contribution >= 0.6 is 0 Å². The minimum absolute atomic E-state index is 0.0601. The number of rotatable bonds is 4. The highest BCUT2D eigenvalue weighted by Gasteiger charge is 2.15. The number of ether oxygens (including phenoxy) is 1. The number of hydrogen-bond donors (Lipinski definition) is 0. The lowest BCUT2D eigenvalue weighted by atomic mass is 10.0. The molecule has 0 saturated heterocycles. The largest absolute Gasteiger partial charge is 0.370 e. The molecule has 0 aliphatic heterocycles. The molecule has 0 aliphatic carbocycles.